The van der Waals surface area contributed by atoms with E-state index < -0.39 is 10.0 Å². The van der Waals surface area contributed by atoms with Crippen LogP contribution >= 0.6 is 11.6 Å². The summed E-state index contributed by atoms with van der Waals surface area (Å²) in [5.74, 6) is -0.338. The smallest absolute Gasteiger partial charge is 0.239 e. The van der Waals surface area contributed by atoms with Crippen molar-refractivity contribution in [3.05, 3.63) is 28.8 Å². The predicted molar refractivity (Wildman–Crippen MR) is 97.9 cm³/mol. The van der Waals surface area contributed by atoms with Gasteiger partial charge in [-0.2, -0.15) is 4.31 Å². The van der Waals surface area contributed by atoms with Crippen molar-refractivity contribution in [3.8, 4) is 0 Å². The Labute approximate surface area is 149 Å². The van der Waals surface area contributed by atoms with Crippen molar-refractivity contribution in [2.75, 3.05) is 18.1 Å². The molecule has 1 aliphatic carbocycles. The summed E-state index contributed by atoms with van der Waals surface area (Å²) in [6.45, 7) is 1.66. The highest BCUT2D eigenvalue weighted by Gasteiger charge is 2.29. The first-order valence-corrected chi connectivity index (χ1v) is 10.5. The molecule has 24 heavy (non-hydrogen) atoms. The molecule has 0 unspecified atom stereocenters. The Morgan fingerprint density at radius 1 is 1.25 bits per heavy atom. The predicted octanol–water partition coefficient (Wildman–Crippen LogP) is 3.57. The van der Waals surface area contributed by atoms with Gasteiger partial charge in [0.1, 0.15) is 0 Å². The molecule has 1 amide bonds. The quantitative estimate of drug-likeness (QED) is 0.803. The van der Waals surface area contributed by atoms with Gasteiger partial charge in [-0.1, -0.05) is 43.4 Å². The van der Waals surface area contributed by atoms with Crippen LogP contribution in [-0.4, -0.2) is 37.5 Å². The van der Waals surface area contributed by atoms with E-state index in [1.165, 1.54) is 10.6 Å². The fraction of sp³-hybridized carbons (Fsp3) is 0.588. The van der Waals surface area contributed by atoms with Gasteiger partial charge in [0.15, 0.2) is 0 Å². The summed E-state index contributed by atoms with van der Waals surface area (Å²) < 4.78 is 25.7. The van der Waals surface area contributed by atoms with Crippen molar-refractivity contribution in [1.29, 1.82) is 0 Å². The Morgan fingerprint density at radius 3 is 2.46 bits per heavy atom. The van der Waals surface area contributed by atoms with Crippen molar-refractivity contribution in [1.82, 2.24) is 4.31 Å². The Hall–Kier alpha value is -1.11. The molecule has 1 aliphatic rings. The van der Waals surface area contributed by atoms with Gasteiger partial charge in [0.05, 0.1) is 12.8 Å². The molecule has 0 bridgehead atoms. The maximum Gasteiger partial charge on any atom is 0.239 e. The first kappa shape index (κ1) is 19.2. The van der Waals surface area contributed by atoms with Crippen molar-refractivity contribution in [3.63, 3.8) is 0 Å². The summed E-state index contributed by atoms with van der Waals surface area (Å²) in [6, 6.07) is 5.18. The Bertz CT molecular complexity index is 683. The number of rotatable bonds is 5. The van der Waals surface area contributed by atoms with E-state index in [2.05, 4.69) is 5.32 Å². The van der Waals surface area contributed by atoms with Crippen LogP contribution in [0.1, 0.15) is 44.1 Å². The highest BCUT2D eigenvalue weighted by molar-refractivity contribution is 7.88. The monoisotopic (exact) mass is 372 g/mol. The molecule has 0 heterocycles. The molecule has 1 fully saturated rings. The van der Waals surface area contributed by atoms with Gasteiger partial charge in [-0.05, 0) is 37.5 Å². The second kappa shape index (κ2) is 8.32. The van der Waals surface area contributed by atoms with Crippen LogP contribution in [0.2, 0.25) is 5.02 Å². The minimum absolute atomic E-state index is 0.0892. The van der Waals surface area contributed by atoms with Crippen LogP contribution in [0.3, 0.4) is 0 Å². The third kappa shape index (κ3) is 5.19. The summed E-state index contributed by atoms with van der Waals surface area (Å²) in [7, 11) is -3.44. The Balaban J connectivity index is 2.11. The molecule has 2 rings (SSSR count). The summed E-state index contributed by atoms with van der Waals surface area (Å²) in [4.78, 5) is 12.4. The molecule has 1 N–H and O–H groups in total. The van der Waals surface area contributed by atoms with E-state index in [9.17, 15) is 13.2 Å². The number of hydrogen-bond donors (Lipinski definition) is 1. The van der Waals surface area contributed by atoms with Crippen LogP contribution in [0.5, 0.6) is 0 Å². The van der Waals surface area contributed by atoms with Gasteiger partial charge in [-0.25, -0.2) is 8.42 Å². The maximum absolute atomic E-state index is 12.4. The molecular weight excluding hydrogens is 348 g/mol. The van der Waals surface area contributed by atoms with Gasteiger partial charge >= 0.3 is 0 Å². The van der Waals surface area contributed by atoms with Gasteiger partial charge in [0, 0.05) is 16.8 Å². The van der Waals surface area contributed by atoms with Crippen LogP contribution < -0.4 is 5.32 Å². The molecule has 1 aromatic rings. The normalized spacial score (nSPS) is 16.8. The summed E-state index contributed by atoms with van der Waals surface area (Å²) in [5.41, 5.74) is 1.38. The second-order valence-electron chi connectivity index (χ2n) is 6.41. The zero-order valence-electron chi connectivity index (χ0n) is 14.2. The number of nitrogens with one attached hydrogen (secondary N) is 1. The standard InChI is InChI=1S/C17H25ClN2O3S/c1-13-15(18)10-7-11-16(13)19-17(21)12-20(24(2,22)23)14-8-5-3-4-6-9-14/h7,10-11,14H,3-6,8-9,12H2,1-2H3,(H,19,21). The van der Waals surface area contributed by atoms with Crippen LogP contribution in [-0.2, 0) is 14.8 Å². The maximum atomic E-state index is 12.4. The molecule has 0 radical (unpaired) electrons. The van der Waals surface area contributed by atoms with E-state index in [1.807, 2.05) is 6.92 Å². The fourth-order valence-corrected chi connectivity index (χ4v) is 4.42. The first-order chi connectivity index (χ1) is 11.3. The number of benzene rings is 1. The van der Waals surface area contributed by atoms with E-state index in [-0.39, 0.29) is 18.5 Å². The van der Waals surface area contributed by atoms with Gasteiger partial charge in [0.25, 0.3) is 0 Å². The molecule has 0 aliphatic heterocycles. The SMILES string of the molecule is Cc1c(Cl)cccc1NC(=O)CN(C1CCCCCC1)S(C)(=O)=O. The van der Waals surface area contributed by atoms with Gasteiger partial charge in [-0.3, -0.25) is 4.79 Å². The molecule has 1 saturated carbocycles. The average molecular weight is 373 g/mol. The number of sulfonamides is 1. The Kier molecular flexibility index (Phi) is 6.66. The number of anilines is 1. The van der Waals surface area contributed by atoms with Gasteiger partial charge in [-0.15, -0.1) is 0 Å². The second-order valence-corrected chi connectivity index (χ2v) is 8.76. The van der Waals surface area contributed by atoms with Gasteiger partial charge in [0.2, 0.25) is 15.9 Å². The lowest BCUT2D eigenvalue weighted by atomic mass is 10.1. The van der Waals surface area contributed by atoms with E-state index in [1.54, 1.807) is 18.2 Å². The van der Waals surface area contributed by atoms with Crippen molar-refractivity contribution < 1.29 is 13.2 Å². The van der Waals surface area contributed by atoms with Crippen LogP contribution in [0.15, 0.2) is 18.2 Å². The molecule has 5 nitrogen and oxygen atoms in total. The average Bonchev–Trinajstić information content (AvgIpc) is 2.77. The van der Waals surface area contributed by atoms with E-state index in [4.69, 9.17) is 11.6 Å². The van der Waals surface area contributed by atoms with Crippen LogP contribution in [0.4, 0.5) is 5.69 Å². The fourth-order valence-electron chi connectivity index (χ4n) is 3.14. The zero-order chi connectivity index (χ0) is 17.7. The molecule has 0 spiro atoms. The highest BCUT2D eigenvalue weighted by Crippen LogP contribution is 2.25. The van der Waals surface area contributed by atoms with Gasteiger partial charge < -0.3 is 5.32 Å². The largest absolute Gasteiger partial charge is 0.325 e. The molecule has 0 aromatic heterocycles. The molecule has 134 valence electrons. The van der Waals surface area contributed by atoms with E-state index in [0.717, 1.165) is 44.1 Å². The molecule has 0 atom stereocenters. The molecule has 1 aromatic carbocycles. The van der Waals surface area contributed by atoms with Crippen molar-refractivity contribution in [2.45, 2.75) is 51.5 Å². The number of carbonyl (C=O) groups excluding carboxylic acids is 1. The van der Waals surface area contributed by atoms with Crippen LogP contribution in [0.25, 0.3) is 0 Å². The number of carbonyl (C=O) groups is 1. The number of amides is 1. The summed E-state index contributed by atoms with van der Waals surface area (Å²) >= 11 is 6.06. The number of nitrogens with zero attached hydrogens (tertiary/aromatic N) is 1. The lowest BCUT2D eigenvalue weighted by Crippen LogP contribution is -2.44. The van der Waals surface area contributed by atoms with Crippen molar-refractivity contribution in [2.24, 2.45) is 0 Å². The first-order valence-electron chi connectivity index (χ1n) is 8.31. The molecule has 0 saturated heterocycles. The third-order valence-corrected chi connectivity index (χ3v) is 6.19. The minimum Gasteiger partial charge on any atom is -0.325 e. The highest BCUT2D eigenvalue weighted by atomic mass is 35.5. The summed E-state index contributed by atoms with van der Waals surface area (Å²) in [6.07, 6.45) is 7.07. The van der Waals surface area contributed by atoms with Crippen molar-refractivity contribution >= 4 is 33.2 Å². The lowest BCUT2D eigenvalue weighted by molar-refractivity contribution is -0.116. The zero-order valence-corrected chi connectivity index (χ0v) is 15.8. The molecule has 7 heteroatoms. The number of hydrogen-bond acceptors (Lipinski definition) is 3. The number of halogens is 1. The minimum atomic E-state index is -3.44. The van der Waals surface area contributed by atoms with E-state index >= 15 is 0 Å². The molecular formula is C17H25ClN2O3S. The van der Waals surface area contributed by atoms with E-state index in [0.29, 0.717) is 10.7 Å². The summed E-state index contributed by atoms with van der Waals surface area (Å²) in [5, 5.41) is 3.35. The topological polar surface area (TPSA) is 66.5 Å². The third-order valence-electron chi connectivity index (χ3n) is 4.50. The Morgan fingerprint density at radius 2 is 1.88 bits per heavy atom. The lowest BCUT2D eigenvalue weighted by Gasteiger charge is -2.28. The van der Waals surface area contributed by atoms with Crippen LogP contribution in [0, 0.1) is 6.92 Å².